The van der Waals surface area contributed by atoms with Crippen molar-refractivity contribution in [2.45, 2.75) is 6.54 Å². The molecule has 1 rings (SSSR count). The Labute approximate surface area is 62.6 Å². The van der Waals surface area contributed by atoms with Crippen LogP contribution in [0.4, 0.5) is 0 Å². The molecule has 0 saturated heterocycles. The van der Waals surface area contributed by atoms with E-state index in [1.807, 2.05) is 0 Å². The van der Waals surface area contributed by atoms with E-state index in [0.717, 1.165) is 9.25 Å². The van der Waals surface area contributed by atoms with Crippen molar-refractivity contribution in [1.29, 1.82) is 0 Å². The zero-order chi connectivity index (χ0) is 8.43. The summed E-state index contributed by atoms with van der Waals surface area (Å²) in [5.74, 6) is 0. The van der Waals surface area contributed by atoms with E-state index in [1.54, 1.807) is 0 Å². The van der Waals surface area contributed by atoms with Crippen LogP contribution in [-0.4, -0.2) is 14.3 Å². The minimum absolute atomic E-state index is 0.245. The van der Waals surface area contributed by atoms with Gasteiger partial charge in [0, 0.05) is 7.05 Å². The lowest BCUT2D eigenvalue weighted by Crippen LogP contribution is -2.27. The van der Waals surface area contributed by atoms with Gasteiger partial charge in [-0.15, -0.1) is 6.58 Å². The predicted octanol–water partition coefficient (Wildman–Crippen LogP) is -0.939. The molecule has 0 bridgehead atoms. The molecule has 0 aromatic carbocycles. The summed E-state index contributed by atoms with van der Waals surface area (Å²) in [6.45, 7) is 3.67. The number of aryl methyl sites for hydroxylation is 1. The Kier molecular flexibility index (Phi) is 1.80. The maximum absolute atomic E-state index is 11.0. The Hall–Kier alpha value is -1.52. The molecule has 1 aromatic heterocycles. The van der Waals surface area contributed by atoms with Crippen LogP contribution in [0.2, 0.25) is 0 Å². The van der Waals surface area contributed by atoms with E-state index in [0.29, 0.717) is 0 Å². The molecule has 1 heterocycles. The molecule has 0 unspecified atom stereocenters. The number of hydrogen-bond acceptors (Lipinski definition) is 2. The van der Waals surface area contributed by atoms with Gasteiger partial charge in [-0.2, -0.15) is 0 Å². The highest BCUT2D eigenvalue weighted by Gasteiger charge is 2.01. The molecule has 0 fully saturated rings. The summed E-state index contributed by atoms with van der Waals surface area (Å²) in [5, 5.41) is 2.32. The topological polar surface area (TPSA) is 59.8 Å². The van der Waals surface area contributed by atoms with Gasteiger partial charge in [-0.1, -0.05) is 6.08 Å². The maximum Gasteiger partial charge on any atom is 0.346 e. The molecule has 0 spiro atoms. The van der Waals surface area contributed by atoms with Crippen LogP contribution in [0, 0.1) is 0 Å². The van der Waals surface area contributed by atoms with Crippen LogP contribution in [0.3, 0.4) is 0 Å². The van der Waals surface area contributed by atoms with Crippen molar-refractivity contribution in [3.05, 3.63) is 33.6 Å². The Morgan fingerprint density at radius 2 is 2.27 bits per heavy atom. The number of H-pyrrole nitrogens is 1. The molecule has 0 saturated carbocycles. The molecule has 0 amide bonds. The third-order valence-corrected chi connectivity index (χ3v) is 1.34. The fourth-order valence-electron chi connectivity index (χ4n) is 0.810. The van der Waals surface area contributed by atoms with E-state index < -0.39 is 5.69 Å². The van der Waals surface area contributed by atoms with E-state index in [-0.39, 0.29) is 12.2 Å². The summed E-state index contributed by atoms with van der Waals surface area (Å²) in [4.78, 5) is 21.9. The molecule has 1 N–H and O–H groups in total. The van der Waals surface area contributed by atoms with Crippen LogP contribution < -0.4 is 11.4 Å². The third kappa shape index (κ3) is 1.17. The van der Waals surface area contributed by atoms with Gasteiger partial charge in [-0.05, 0) is 0 Å². The summed E-state index contributed by atoms with van der Waals surface area (Å²) in [6.07, 6.45) is 1.50. The minimum atomic E-state index is -0.405. The van der Waals surface area contributed by atoms with Crippen LogP contribution in [0.15, 0.2) is 22.2 Å². The van der Waals surface area contributed by atoms with Gasteiger partial charge in [0.05, 0.1) is 6.54 Å². The molecule has 0 radical (unpaired) electrons. The van der Waals surface area contributed by atoms with Crippen LogP contribution in [0.5, 0.6) is 0 Å². The SMILES string of the molecule is C=CCn1c(=O)[nH]n(C)c1=O. The lowest BCUT2D eigenvalue weighted by atomic mass is 10.6. The number of nitrogens with one attached hydrogen (secondary N) is 1. The highest BCUT2D eigenvalue weighted by Crippen LogP contribution is 1.70. The summed E-state index contributed by atoms with van der Waals surface area (Å²) in [6, 6.07) is 0. The van der Waals surface area contributed by atoms with Crippen molar-refractivity contribution in [3.8, 4) is 0 Å². The van der Waals surface area contributed by atoms with Crippen LogP contribution in [-0.2, 0) is 13.6 Å². The van der Waals surface area contributed by atoms with Crippen molar-refractivity contribution in [3.63, 3.8) is 0 Å². The lowest BCUT2D eigenvalue weighted by molar-refractivity contribution is 0.697. The van der Waals surface area contributed by atoms with Gasteiger partial charge in [0.15, 0.2) is 0 Å². The molecular formula is C6H9N3O2. The minimum Gasteiger partial charge on any atom is -0.246 e. The number of aromatic amines is 1. The van der Waals surface area contributed by atoms with Crippen molar-refractivity contribution >= 4 is 0 Å². The van der Waals surface area contributed by atoms with Gasteiger partial charge >= 0.3 is 11.4 Å². The first-order valence-corrected chi connectivity index (χ1v) is 3.13. The zero-order valence-corrected chi connectivity index (χ0v) is 6.20. The van der Waals surface area contributed by atoms with Gasteiger partial charge in [0.2, 0.25) is 0 Å². The van der Waals surface area contributed by atoms with E-state index >= 15 is 0 Å². The predicted molar refractivity (Wildman–Crippen MR) is 40.5 cm³/mol. The van der Waals surface area contributed by atoms with Gasteiger partial charge in [-0.3, -0.25) is 0 Å². The summed E-state index contributed by atoms with van der Waals surface area (Å²) >= 11 is 0. The van der Waals surface area contributed by atoms with Gasteiger partial charge in [-0.25, -0.2) is 23.9 Å². The van der Waals surface area contributed by atoms with Crippen molar-refractivity contribution in [2.24, 2.45) is 7.05 Å². The number of hydrogen-bond donors (Lipinski definition) is 1. The van der Waals surface area contributed by atoms with Crippen molar-refractivity contribution < 1.29 is 0 Å². The van der Waals surface area contributed by atoms with Crippen LogP contribution in [0.25, 0.3) is 0 Å². The Balaban J connectivity index is 3.34. The monoisotopic (exact) mass is 155 g/mol. The van der Waals surface area contributed by atoms with Crippen molar-refractivity contribution in [1.82, 2.24) is 14.3 Å². The quantitative estimate of drug-likeness (QED) is 0.560. The molecular weight excluding hydrogens is 146 g/mol. The smallest absolute Gasteiger partial charge is 0.246 e. The average Bonchev–Trinajstić information content (AvgIpc) is 2.17. The maximum atomic E-state index is 11.0. The first kappa shape index (κ1) is 7.59. The largest absolute Gasteiger partial charge is 0.346 e. The third-order valence-electron chi connectivity index (χ3n) is 1.34. The lowest BCUT2D eigenvalue weighted by Gasteiger charge is -1.88. The second-order valence-corrected chi connectivity index (χ2v) is 2.16. The summed E-state index contributed by atoms with van der Waals surface area (Å²) in [5.41, 5.74) is -0.757. The molecule has 60 valence electrons. The number of rotatable bonds is 2. The molecule has 5 heteroatoms. The number of allylic oxidation sites excluding steroid dienone is 1. The molecule has 0 aliphatic heterocycles. The fourth-order valence-corrected chi connectivity index (χ4v) is 0.810. The Bertz CT molecular complexity index is 368. The zero-order valence-electron chi connectivity index (χ0n) is 6.20. The standard InChI is InChI=1S/C6H9N3O2/c1-3-4-9-5(10)7-8(2)6(9)11/h3H,1,4H2,2H3,(H,7,10). The number of nitrogens with zero attached hydrogens (tertiary/aromatic N) is 2. The Morgan fingerprint density at radius 1 is 1.64 bits per heavy atom. The van der Waals surface area contributed by atoms with E-state index in [9.17, 15) is 9.59 Å². The highest BCUT2D eigenvalue weighted by molar-refractivity contribution is 4.75. The molecule has 11 heavy (non-hydrogen) atoms. The Morgan fingerprint density at radius 3 is 2.64 bits per heavy atom. The molecule has 0 aliphatic rings. The second kappa shape index (κ2) is 2.61. The van der Waals surface area contributed by atoms with Gasteiger partial charge in [0.1, 0.15) is 0 Å². The normalized spacial score (nSPS) is 9.91. The van der Waals surface area contributed by atoms with E-state index in [2.05, 4.69) is 11.7 Å². The number of aromatic nitrogens is 3. The van der Waals surface area contributed by atoms with Crippen LogP contribution >= 0.6 is 0 Å². The van der Waals surface area contributed by atoms with Gasteiger partial charge in [0.25, 0.3) is 0 Å². The molecule has 0 atom stereocenters. The van der Waals surface area contributed by atoms with Crippen LogP contribution in [0.1, 0.15) is 0 Å². The van der Waals surface area contributed by atoms with E-state index in [4.69, 9.17) is 0 Å². The summed E-state index contributed by atoms with van der Waals surface area (Å²) in [7, 11) is 1.49. The molecule has 0 aliphatic carbocycles. The first-order chi connectivity index (χ1) is 5.16. The molecule has 5 nitrogen and oxygen atoms in total. The average molecular weight is 155 g/mol. The molecule has 1 aromatic rings. The fraction of sp³-hybridized carbons (Fsp3) is 0.333. The first-order valence-electron chi connectivity index (χ1n) is 3.13. The second-order valence-electron chi connectivity index (χ2n) is 2.16. The summed E-state index contributed by atoms with van der Waals surface area (Å²) < 4.78 is 2.19. The van der Waals surface area contributed by atoms with Crippen molar-refractivity contribution in [2.75, 3.05) is 0 Å². The highest BCUT2D eigenvalue weighted by atomic mass is 16.2. The van der Waals surface area contributed by atoms with Gasteiger partial charge < -0.3 is 0 Å². The van der Waals surface area contributed by atoms with E-state index in [1.165, 1.54) is 13.1 Å².